The third-order valence-electron chi connectivity index (χ3n) is 5.44. The number of likely N-dealkylation sites (tertiary alicyclic amines) is 1. The standard InChI is InChI=1S/C22H24N2O4S/c1-27-14-9-10-15(18(12-14)28-2)17-7-5-11-24(17)21(25)13-20-22(26)23-16-6-3-4-8-19(16)29-20/h3-4,6,8-10,12,17,20H,5,7,11,13H2,1-2H3,(H,23,26)/t17-,20-/m0/s1. The Bertz CT molecular complexity index is 933. The number of carbonyl (C=O) groups is 2. The summed E-state index contributed by atoms with van der Waals surface area (Å²) in [6, 6.07) is 13.3. The molecule has 2 heterocycles. The molecular formula is C22H24N2O4S. The molecule has 6 nitrogen and oxygen atoms in total. The first-order valence-corrected chi connectivity index (χ1v) is 10.6. The first-order chi connectivity index (χ1) is 14.1. The molecule has 0 aliphatic carbocycles. The number of hydrogen-bond donors (Lipinski definition) is 1. The van der Waals surface area contributed by atoms with Gasteiger partial charge in [0.1, 0.15) is 11.5 Å². The molecule has 1 N–H and O–H groups in total. The van der Waals surface area contributed by atoms with E-state index in [2.05, 4.69) is 5.32 Å². The van der Waals surface area contributed by atoms with Gasteiger partial charge in [0.25, 0.3) is 0 Å². The Morgan fingerprint density at radius 1 is 1.21 bits per heavy atom. The smallest absolute Gasteiger partial charge is 0.238 e. The van der Waals surface area contributed by atoms with E-state index in [0.717, 1.165) is 34.7 Å². The highest BCUT2D eigenvalue weighted by Gasteiger charge is 2.36. The fourth-order valence-corrected chi connectivity index (χ4v) is 5.09. The first kappa shape index (κ1) is 19.6. The van der Waals surface area contributed by atoms with Gasteiger partial charge in [-0.1, -0.05) is 12.1 Å². The molecule has 1 fully saturated rings. The number of fused-ring (bicyclic) bond motifs is 1. The van der Waals surface area contributed by atoms with E-state index in [1.54, 1.807) is 14.2 Å². The Labute approximate surface area is 174 Å². The lowest BCUT2D eigenvalue weighted by Gasteiger charge is -2.29. The quantitative estimate of drug-likeness (QED) is 0.807. The van der Waals surface area contributed by atoms with Crippen molar-refractivity contribution in [1.29, 1.82) is 0 Å². The van der Waals surface area contributed by atoms with Crippen molar-refractivity contribution in [2.45, 2.75) is 35.4 Å². The van der Waals surface area contributed by atoms with Gasteiger partial charge in [0.15, 0.2) is 0 Å². The Hall–Kier alpha value is -2.67. The van der Waals surface area contributed by atoms with Crippen LogP contribution < -0.4 is 14.8 Å². The van der Waals surface area contributed by atoms with Gasteiger partial charge in [-0.2, -0.15) is 0 Å². The minimum atomic E-state index is -0.420. The first-order valence-electron chi connectivity index (χ1n) is 9.68. The fourth-order valence-electron chi connectivity index (χ4n) is 3.99. The molecule has 2 atom stereocenters. The lowest BCUT2D eigenvalue weighted by Crippen LogP contribution is -2.37. The van der Waals surface area contributed by atoms with Crippen LogP contribution in [0.4, 0.5) is 5.69 Å². The minimum Gasteiger partial charge on any atom is -0.497 e. The molecular weight excluding hydrogens is 388 g/mol. The van der Waals surface area contributed by atoms with Crippen LogP contribution in [0.1, 0.15) is 30.9 Å². The summed E-state index contributed by atoms with van der Waals surface area (Å²) < 4.78 is 10.8. The number of para-hydroxylation sites is 1. The lowest BCUT2D eigenvalue weighted by molar-refractivity contribution is -0.133. The van der Waals surface area contributed by atoms with Gasteiger partial charge in [0, 0.05) is 29.5 Å². The van der Waals surface area contributed by atoms with Crippen LogP contribution in [-0.4, -0.2) is 42.7 Å². The van der Waals surface area contributed by atoms with Crippen molar-refractivity contribution in [3.63, 3.8) is 0 Å². The van der Waals surface area contributed by atoms with Crippen molar-refractivity contribution in [2.75, 3.05) is 26.1 Å². The van der Waals surface area contributed by atoms with E-state index in [1.807, 2.05) is 47.4 Å². The van der Waals surface area contributed by atoms with Gasteiger partial charge in [-0.15, -0.1) is 11.8 Å². The van der Waals surface area contributed by atoms with Crippen LogP contribution in [0.2, 0.25) is 0 Å². The molecule has 152 valence electrons. The van der Waals surface area contributed by atoms with E-state index >= 15 is 0 Å². The third kappa shape index (κ3) is 3.92. The highest BCUT2D eigenvalue weighted by Crippen LogP contribution is 2.41. The van der Waals surface area contributed by atoms with Crippen molar-refractivity contribution in [3.05, 3.63) is 48.0 Å². The summed E-state index contributed by atoms with van der Waals surface area (Å²) in [4.78, 5) is 28.5. The molecule has 4 rings (SSSR count). The number of hydrogen-bond acceptors (Lipinski definition) is 5. The molecule has 2 aliphatic rings. The summed E-state index contributed by atoms with van der Waals surface area (Å²) in [7, 11) is 3.24. The minimum absolute atomic E-state index is 0.00241. The Morgan fingerprint density at radius 2 is 2.03 bits per heavy atom. The van der Waals surface area contributed by atoms with Gasteiger partial charge in [-0.3, -0.25) is 9.59 Å². The summed E-state index contributed by atoms with van der Waals surface area (Å²) in [6.45, 7) is 0.689. The van der Waals surface area contributed by atoms with Crippen LogP contribution in [0.5, 0.6) is 11.5 Å². The molecule has 0 saturated carbocycles. The zero-order chi connectivity index (χ0) is 20.4. The number of rotatable bonds is 5. The van der Waals surface area contributed by atoms with Crippen molar-refractivity contribution in [2.24, 2.45) is 0 Å². The van der Waals surface area contributed by atoms with Gasteiger partial charge in [0.05, 0.1) is 31.2 Å². The summed E-state index contributed by atoms with van der Waals surface area (Å²) in [5, 5.41) is 2.50. The van der Waals surface area contributed by atoms with Gasteiger partial charge in [-0.25, -0.2) is 0 Å². The van der Waals surface area contributed by atoms with Gasteiger partial charge >= 0.3 is 0 Å². The number of anilines is 1. The van der Waals surface area contributed by atoms with E-state index in [0.29, 0.717) is 12.3 Å². The van der Waals surface area contributed by atoms with Gasteiger partial charge in [0.2, 0.25) is 11.8 Å². The molecule has 0 radical (unpaired) electrons. The second-order valence-electron chi connectivity index (χ2n) is 7.15. The second-order valence-corrected chi connectivity index (χ2v) is 8.39. The van der Waals surface area contributed by atoms with Crippen molar-refractivity contribution >= 4 is 29.3 Å². The van der Waals surface area contributed by atoms with E-state index in [1.165, 1.54) is 11.8 Å². The van der Waals surface area contributed by atoms with Crippen molar-refractivity contribution < 1.29 is 19.1 Å². The van der Waals surface area contributed by atoms with Crippen molar-refractivity contribution in [1.82, 2.24) is 4.90 Å². The third-order valence-corrected chi connectivity index (χ3v) is 6.71. The van der Waals surface area contributed by atoms with E-state index in [-0.39, 0.29) is 24.3 Å². The van der Waals surface area contributed by atoms with Gasteiger partial charge in [-0.05, 0) is 37.1 Å². The predicted molar refractivity (Wildman–Crippen MR) is 113 cm³/mol. The summed E-state index contributed by atoms with van der Waals surface area (Å²) in [6.07, 6.45) is 1.99. The van der Waals surface area contributed by atoms with Crippen LogP contribution >= 0.6 is 11.8 Å². The molecule has 0 spiro atoms. The molecule has 0 aromatic heterocycles. The summed E-state index contributed by atoms with van der Waals surface area (Å²) >= 11 is 1.46. The van der Waals surface area contributed by atoms with Crippen LogP contribution in [0.25, 0.3) is 0 Å². The maximum atomic E-state index is 13.1. The highest BCUT2D eigenvalue weighted by molar-refractivity contribution is 8.01. The Kier molecular flexibility index (Phi) is 5.67. The van der Waals surface area contributed by atoms with E-state index < -0.39 is 5.25 Å². The molecule has 2 aromatic carbocycles. The van der Waals surface area contributed by atoms with E-state index in [4.69, 9.17) is 9.47 Å². The SMILES string of the molecule is COc1ccc([C@@H]2CCCN2C(=O)C[C@@H]2Sc3ccccc3NC2=O)c(OC)c1. The molecule has 0 bridgehead atoms. The fraction of sp³-hybridized carbons (Fsp3) is 0.364. The number of carbonyl (C=O) groups excluding carboxylic acids is 2. The zero-order valence-corrected chi connectivity index (χ0v) is 17.3. The summed E-state index contributed by atoms with van der Waals surface area (Å²) in [5.41, 5.74) is 1.79. The number of nitrogens with one attached hydrogen (secondary N) is 1. The predicted octanol–water partition coefficient (Wildman–Crippen LogP) is 3.87. The topological polar surface area (TPSA) is 67.9 Å². The maximum absolute atomic E-state index is 13.1. The highest BCUT2D eigenvalue weighted by atomic mass is 32.2. The molecule has 0 unspecified atom stereocenters. The zero-order valence-electron chi connectivity index (χ0n) is 16.5. The average molecular weight is 413 g/mol. The van der Waals surface area contributed by atoms with E-state index in [9.17, 15) is 9.59 Å². The van der Waals surface area contributed by atoms with Crippen LogP contribution in [0.15, 0.2) is 47.4 Å². The number of nitrogens with zero attached hydrogens (tertiary/aromatic N) is 1. The number of benzene rings is 2. The number of methoxy groups -OCH3 is 2. The normalized spacial score (nSPS) is 20.8. The molecule has 7 heteroatoms. The Balaban J connectivity index is 1.51. The van der Waals surface area contributed by atoms with Crippen LogP contribution in [0.3, 0.4) is 0 Å². The van der Waals surface area contributed by atoms with Crippen molar-refractivity contribution in [3.8, 4) is 11.5 Å². The average Bonchev–Trinajstić information content (AvgIpc) is 3.23. The molecule has 2 amide bonds. The molecule has 29 heavy (non-hydrogen) atoms. The maximum Gasteiger partial charge on any atom is 0.238 e. The lowest BCUT2D eigenvalue weighted by atomic mass is 10.0. The number of thioether (sulfide) groups is 1. The monoisotopic (exact) mass is 412 g/mol. The molecule has 1 saturated heterocycles. The summed E-state index contributed by atoms with van der Waals surface area (Å²) in [5.74, 6) is 1.32. The van der Waals surface area contributed by atoms with Crippen LogP contribution in [0, 0.1) is 0 Å². The largest absolute Gasteiger partial charge is 0.497 e. The Morgan fingerprint density at radius 3 is 2.83 bits per heavy atom. The second kappa shape index (κ2) is 8.37. The molecule has 2 aliphatic heterocycles. The number of amides is 2. The number of ether oxygens (including phenoxy) is 2. The molecule has 2 aromatic rings. The van der Waals surface area contributed by atoms with Gasteiger partial charge < -0.3 is 19.7 Å². The van der Waals surface area contributed by atoms with Crippen LogP contribution in [-0.2, 0) is 9.59 Å².